The van der Waals surface area contributed by atoms with E-state index in [-0.39, 0.29) is 5.97 Å². The minimum atomic E-state index is -0.0503. The van der Waals surface area contributed by atoms with Crippen LogP contribution in [0, 0.1) is 0 Å². The van der Waals surface area contributed by atoms with Crippen molar-refractivity contribution in [1.29, 1.82) is 0 Å². The summed E-state index contributed by atoms with van der Waals surface area (Å²) >= 11 is 0. The molecule has 0 radical (unpaired) electrons. The van der Waals surface area contributed by atoms with E-state index in [1.807, 2.05) is 6.92 Å². The molecule has 0 amide bonds. The van der Waals surface area contributed by atoms with Crippen molar-refractivity contribution in [2.75, 3.05) is 19.7 Å². The van der Waals surface area contributed by atoms with Gasteiger partial charge in [-0.2, -0.15) is 0 Å². The first-order chi connectivity index (χ1) is 8.74. The minimum absolute atomic E-state index is 0.0503. The van der Waals surface area contributed by atoms with Crippen molar-refractivity contribution in [2.24, 2.45) is 0 Å². The number of esters is 1. The highest BCUT2D eigenvalue weighted by Gasteiger charge is 2.40. The van der Waals surface area contributed by atoms with Crippen LogP contribution in [0.4, 0.5) is 0 Å². The highest BCUT2D eigenvalue weighted by molar-refractivity contribution is 5.69. The molecule has 2 rings (SSSR count). The number of fused-ring (bicyclic) bond motifs is 2. The third kappa shape index (κ3) is 3.23. The molecule has 0 spiro atoms. The van der Waals surface area contributed by atoms with Gasteiger partial charge in [-0.3, -0.25) is 9.69 Å². The summed E-state index contributed by atoms with van der Waals surface area (Å²) in [6.07, 6.45) is 5.64. The molecule has 2 unspecified atom stereocenters. The number of hydrogen-bond donors (Lipinski definition) is 1. The second-order valence-electron chi connectivity index (χ2n) is 5.40. The fraction of sp³-hybridized carbons (Fsp3) is 0.929. The van der Waals surface area contributed by atoms with Gasteiger partial charge < -0.3 is 10.1 Å². The SMILES string of the molecule is CCNC1CC2CCC(C1)N2CCC(=O)OCC. The van der Waals surface area contributed by atoms with Crippen LogP contribution in [-0.4, -0.2) is 48.7 Å². The molecule has 2 aliphatic heterocycles. The first kappa shape index (κ1) is 13.8. The summed E-state index contributed by atoms with van der Waals surface area (Å²) in [5, 5.41) is 3.57. The predicted octanol–water partition coefficient (Wildman–Crippen LogP) is 1.54. The van der Waals surface area contributed by atoms with E-state index in [2.05, 4.69) is 17.1 Å². The second-order valence-corrected chi connectivity index (χ2v) is 5.40. The van der Waals surface area contributed by atoms with Crippen LogP contribution in [0.25, 0.3) is 0 Å². The maximum Gasteiger partial charge on any atom is 0.307 e. The monoisotopic (exact) mass is 254 g/mol. The first-order valence-electron chi connectivity index (χ1n) is 7.39. The second kappa shape index (κ2) is 6.53. The molecule has 2 fully saturated rings. The molecule has 0 aromatic rings. The normalized spacial score (nSPS) is 31.6. The van der Waals surface area contributed by atoms with E-state index in [0.29, 0.717) is 31.2 Å². The van der Waals surface area contributed by atoms with Crippen LogP contribution in [0.1, 0.15) is 46.0 Å². The molecule has 0 aliphatic carbocycles. The minimum Gasteiger partial charge on any atom is -0.466 e. The van der Waals surface area contributed by atoms with Gasteiger partial charge in [-0.1, -0.05) is 6.92 Å². The fourth-order valence-corrected chi connectivity index (χ4v) is 3.55. The lowest BCUT2D eigenvalue weighted by molar-refractivity contribution is -0.143. The Morgan fingerprint density at radius 1 is 1.28 bits per heavy atom. The van der Waals surface area contributed by atoms with Crippen molar-refractivity contribution in [3.63, 3.8) is 0 Å². The van der Waals surface area contributed by atoms with Crippen molar-refractivity contribution in [3.05, 3.63) is 0 Å². The Labute approximate surface area is 110 Å². The zero-order chi connectivity index (χ0) is 13.0. The van der Waals surface area contributed by atoms with Crippen molar-refractivity contribution in [2.45, 2.75) is 64.1 Å². The van der Waals surface area contributed by atoms with Gasteiger partial charge in [0.2, 0.25) is 0 Å². The highest BCUT2D eigenvalue weighted by Crippen LogP contribution is 2.35. The van der Waals surface area contributed by atoms with Crippen LogP contribution in [0.2, 0.25) is 0 Å². The lowest BCUT2D eigenvalue weighted by atomic mass is 9.97. The largest absolute Gasteiger partial charge is 0.466 e. The Kier molecular flexibility index (Phi) is 5.01. The summed E-state index contributed by atoms with van der Waals surface area (Å²) in [7, 11) is 0. The summed E-state index contributed by atoms with van der Waals surface area (Å²) in [4.78, 5) is 14.0. The number of nitrogens with zero attached hydrogens (tertiary/aromatic N) is 1. The number of carbonyl (C=O) groups excluding carboxylic acids is 1. The van der Waals surface area contributed by atoms with Crippen molar-refractivity contribution in [1.82, 2.24) is 10.2 Å². The van der Waals surface area contributed by atoms with Crippen LogP contribution in [0.3, 0.4) is 0 Å². The van der Waals surface area contributed by atoms with Gasteiger partial charge in [0, 0.05) is 24.7 Å². The Morgan fingerprint density at radius 2 is 1.94 bits per heavy atom. The molecule has 104 valence electrons. The van der Waals surface area contributed by atoms with Crippen molar-refractivity contribution >= 4 is 5.97 Å². The van der Waals surface area contributed by atoms with E-state index in [0.717, 1.165) is 13.1 Å². The van der Waals surface area contributed by atoms with Crippen LogP contribution in [0.5, 0.6) is 0 Å². The molecule has 0 aromatic heterocycles. The van der Waals surface area contributed by atoms with Crippen molar-refractivity contribution < 1.29 is 9.53 Å². The summed E-state index contributed by atoms with van der Waals surface area (Å²) in [5.74, 6) is -0.0503. The van der Waals surface area contributed by atoms with E-state index in [9.17, 15) is 4.79 Å². The summed E-state index contributed by atoms with van der Waals surface area (Å²) in [6, 6.07) is 2.05. The van der Waals surface area contributed by atoms with Gasteiger partial charge in [0.05, 0.1) is 13.0 Å². The molecule has 2 atom stereocenters. The van der Waals surface area contributed by atoms with Crippen LogP contribution < -0.4 is 5.32 Å². The van der Waals surface area contributed by atoms with Gasteiger partial charge in [0.25, 0.3) is 0 Å². The highest BCUT2D eigenvalue weighted by atomic mass is 16.5. The summed E-state index contributed by atoms with van der Waals surface area (Å²) in [6.45, 7) is 6.48. The predicted molar refractivity (Wildman–Crippen MR) is 71.5 cm³/mol. The Bertz CT molecular complexity index is 269. The molecule has 4 heteroatoms. The molecule has 18 heavy (non-hydrogen) atoms. The average molecular weight is 254 g/mol. The van der Waals surface area contributed by atoms with E-state index in [1.165, 1.54) is 25.7 Å². The Balaban J connectivity index is 1.79. The standard InChI is InChI=1S/C14H26N2O2/c1-3-15-11-9-12-5-6-13(10-11)16(12)8-7-14(17)18-4-2/h11-13,15H,3-10H2,1-2H3. The number of ether oxygens (including phenoxy) is 1. The molecule has 1 N–H and O–H groups in total. The zero-order valence-electron chi connectivity index (χ0n) is 11.7. The van der Waals surface area contributed by atoms with Gasteiger partial charge in [0.15, 0.2) is 0 Å². The molecule has 2 heterocycles. The van der Waals surface area contributed by atoms with E-state index in [4.69, 9.17) is 4.74 Å². The van der Waals surface area contributed by atoms with Gasteiger partial charge in [0.1, 0.15) is 0 Å². The molecular formula is C14H26N2O2. The van der Waals surface area contributed by atoms with Crippen LogP contribution in [-0.2, 0) is 9.53 Å². The van der Waals surface area contributed by atoms with Crippen molar-refractivity contribution in [3.8, 4) is 0 Å². The number of carbonyl (C=O) groups is 1. The maximum absolute atomic E-state index is 11.4. The molecule has 2 bridgehead atoms. The third-order valence-corrected chi connectivity index (χ3v) is 4.26. The van der Waals surface area contributed by atoms with Crippen LogP contribution in [0.15, 0.2) is 0 Å². The molecule has 2 aliphatic rings. The number of hydrogen-bond acceptors (Lipinski definition) is 4. The number of nitrogens with one attached hydrogen (secondary N) is 1. The molecule has 0 aromatic carbocycles. The lowest BCUT2D eigenvalue weighted by Gasteiger charge is -2.39. The fourth-order valence-electron chi connectivity index (χ4n) is 3.55. The van der Waals surface area contributed by atoms with E-state index in [1.54, 1.807) is 0 Å². The van der Waals surface area contributed by atoms with Gasteiger partial charge >= 0.3 is 5.97 Å². The van der Waals surface area contributed by atoms with E-state index >= 15 is 0 Å². The Hall–Kier alpha value is -0.610. The smallest absolute Gasteiger partial charge is 0.307 e. The zero-order valence-corrected chi connectivity index (χ0v) is 11.7. The molecule has 4 nitrogen and oxygen atoms in total. The van der Waals surface area contributed by atoms with Crippen LogP contribution >= 0.6 is 0 Å². The van der Waals surface area contributed by atoms with Gasteiger partial charge in [-0.25, -0.2) is 0 Å². The number of rotatable bonds is 6. The quantitative estimate of drug-likeness (QED) is 0.730. The Morgan fingerprint density at radius 3 is 2.50 bits per heavy atom. The topological polar surface area (TPSA) is 41.6 Å². The summed E-state index contributed by atoms with van der Waals surface area (Å²) < 4.78 is 5.01. The molecular weight excluding hydrogens is 228 g/mol. The third-order valence-electron chi connectivity index (χ3n) is 4.26. The number of piperidine rings is 1. The van der Waals surface area contributed by atoms with Gasteiger partial charge in [-0.15, -0.1) is 0 Å². The molecule has 2 saturated heterocycles. The maximum atomic E-state index is 11.4. The first-order valence-corrected chi connectivity index (χ1v) is 7.39. The molecule has 0 saturated carbocycles. The average Bonchev–Trinajstić information content (AvgIpc) is 2.58. The van der Waals surface area contributed by atoms with E-state index < -0.39 is 0 Å². The van der Waals surface area contributed by atoms with Gasteiger partial charge in [-0.05, 0) is 39.2 Å². The lowest BCUT2D eigenvalue weighted by Crippen LogP contribution is -2.49. The summed E-state index contributed by atoms with van der Waals surface area (Å²) in [5.41, 5.74) is 0.